The molecular formula is C18H28N4O4S. The van der Waals surface area contributed by atoms with Crippen LogP contribution in [0.2, 0.25) is 0 Å². The van der Waals surface area contributed by atoms with Crippen molar-refractivity contribution in [1.82, 2.24) is 13.5 Å². The Morgan fingerprint density at radius 1 is 0.963 bits per heavy atom. The van der Waals surface area contributed by atoms with E-state index >= 15 is 0 Å². The maximum atomic E-state index is 12.7. The number of ether oxygens (including phenoxy) is 1. The van der Waals surface area contributed by atoms with Gasteiger partial charge in [0.1, 0.15) is 0 Å². The molecule has 0 saturated carbocycles. The van der Waals surface area contributed by atoms with Crippen molar-refractivity contribution >= 4 is 21.9 Å². The van der Waals surface area contributed by atoms with E-state index in [0.717, 1.165) is 5.69 Å². The second-order valence-corrected chi connectivity index (χ2v) is 9.04. The van der Waals surface area contributed by atoms with Gasteiger partial charge in [0, 0.05) is 45.0 Å². The molecule has 0 spiro atoms. The highest BCUT2D eigenvalue weighted by molar-refractivity contribution is 7.86. The zero-order chi connectivity index (χ0) is 19.4. The second-order valence-electron chi connectivity index (χ2n) is 7.11. The van der Waals surface area contributed by atoms with Crippen molar-refractivity contribution in [2.75, 3.05) is 57.8 Å². The van der Waals surface area contributed by atoms with Crippen LogP contribution in [0.25, 0.3) is 0 Å². The van der Waals surface area contributed by atoms with E-state index < -0.39 is 10.2 Å². The van der Waals surface area contributed by atoms with Gasteiger partial charge >= 0.3 is 6.03 Å². The van der Waals surface area contributed by atoms with Crippen molar-refractivity contribution < 1.29 is 17.9 Å². The van der Waals surface area contributed by atoms with E-state index in [1.54, 1.807) is 4.90 Å². The molecule has 2 heterocycles. The van der Waals surface area contributed by atoms with Gasteiger partial charge in [0.15, 0.2) is 0 Å². The van der Waals surface area contributed by atoms with Crippen LogP contribution in [0.3, 0.4) is 0 Å². The third kappa shape index (κ3) is 4.78. The van der Waals surface area contributed by atoms with Gasteiger partial charge in [-0.05, 0) is 23.6 Å². The molecule has 0 aliphatic carbocycles. The molecule has 0 aromatic heterocycles. The molecular weight excluding hydrogens is 368 g/mol. The van der Waals surface area contributed by atoms with Gasteiger partial charge in [-0.1, -0.05) is 26.0 Å². The summed E-state index contributed by atoms with van der Waals surface area (Å²) in [6.45, 7) is 7.23. The van der Waals surface area contributed by atoms with Gasteiger partial charge in [0.05, 0.1) is 13.2 Å². The van der Waals surface area contributed by atoms with Crippen molar-refractivity contribution in [2.24, 2.45) is 0 Å². The molecule has 27 heavy (non-hydrogen) atoms. The molecule has 0 unspecified atom stereocenters. The van der Waals surface area contributed by atoms with Crippen LogP contribution in [-0.4, -0.2) is 80.4 Å². The van der Waals surface area contributed by atoms with Gasteiger partial charge in [0.25, 0.3) is 10.2 Å². The Morgan fingerprint density at radius 2 is 1.52 bits per heavy atom. The Labute approximate surface area is 161 Å². The fourth-order valence-electron chi connectivity index (χ4n) is 3.22. The number of amides is 2. The lowest BCUT2D eigenvalue weighted by Crippen LogP contribution is -2.56. The van der Waals surface area contributed by atoms with Crippen LogP contribution in [0, 0.1) is 0 Å². The fourth-order valence-corrected chi connectivity index (χ4v) is 4.78. The van der Waals surface area contributed by atoms with Gasteiger partial charge in [-0.3, -0.25) is 0 Å². The molecule has 9 heteroatoms. The molecule has 2 saturated heterocycles. The molecule has 0 radical (unpaired) electrons. The first-order chi connectivity index (χ1) is 12.9. The zero-order valence-electron chi connectivity index (χ0n) is 15.9. The summed E-state index contributed by atoms with van der Waals surface area (Å²) in [5, 5.41) is 2.89. The molecule has 8 nitrogen and oxygen atoms in total. The minimum Gasteiger partial charge on any atom is -0.379 e. The predicted octanol–water partition coefficient (Wildman–Crippen LogP) is 1.54. The first-order valence-corrected chi connectivity index (χ1v) is 10.8. The van der Waals surface area contributed by atoms with Gasteiger partial charge in [-0.15, -0.1) is 0 Å². The van der Waals surface area contributed by atoms with Crippen molar-refractivity contribution in [1.29, 1.82) is 0 Å². The lowest BCUT2D eigenvalue weighted by molar-refractivity contribution is 0.0691. The predicted molar refractivity (Wildman–Crippen MR) is 104 cm³/mol. The molecule has 2 aliphatic rings. The minimum absolute atomic E-state index is 0.198. The average molecular weight is 397 g/mol. The molecule has 1 aromatic carbocycles. The normalized spacial score (nSPS) is 20.0. The summed E-state index contributed by atoms with van der Waals surface area (Å²) in [7, 11) is -3.48. The minimum atomic E-state index is -3.48. The zero-order valence-corrected chi connectivity index (χ0v) is 16.7. The Balaban J connectivity index is 1.53. The fraction of sp³-hybridized carbons (Fsp3) is 0.611. The van der Waals surface area contributed by atoms with Gasteiger partial charge in [-0.25, -0.2) is 4.79 Å². The summed E-state index contributed by atoms with van der Waals surface area (Å²) >= 11 is 0. The molecule has 1 aromatic rings. The molecule has 2 aliphatic heterocycles. The summed E-state index contributed by atoms with van der Waals surface area (Å²) in [5.41, 5.74) is 1.96. The summed E-state index contributed by atoms with van der Waals surface area (Å²) in [5.74, 6) is 0.441. The van der Waals surface area contributed by atoms with Crippen LogP contribution >= 0.6 is 0 Å². The van der Waals surface area contributed by atoms with Crippen LogP contribution in [0.1, 0.15) is 25.3 Å². The van der Waals surface area contributed by atoms with Crippen molar-refractivity contribution in [3.05, 3.63) is 29.8 Å². The second kappa shape index (κ2) is 8.55. The summed E-state index contributed by atoms with van der Waals surface area (Å²) in [6, 6.07) is 7.61. The number of nitrogens with zero attached hydrogens (tertiary/aromatic N) is 3. The number of nitrogens with one attached hydrogen (secondary N) is 1. The van der Waals surface area contributed by atoms with E-state index in [9.17, 15) is 13.2 Å². The van der Waals surface area contributed by atoms with E-state index in [0.29, 0.717) is 58.4 Å². The molecule has 1 N–H and O–H groups in total. The molecule has 2 amide bonds. The molecule has 0 atom stereocenters. The summed E-state index contributed by atoms with van der Waals surface area (Å²) < 4.78 is 33.5. The number of carbonyl (C=O) groups is 1. The number of hydrogen-bond acceptors (Lipinski definition) is 4. The largest absolute Gasteiger partial charge is 0.379 e. The highest BCUT2D eigenvalue weighted by Crippen LogP contribution is 2.18. The van der Waals surface area contributed by atoms with Gasteiger partial charge < -0.3 is 15.0 Å². The smallest absolute Gasteiger partial charge is 0.321 e. The Morgan fingerprint density at radius 3 is 2.07 bits per heavy atom. The number of rotatable bonds is 4. The number of morpholine rings is 1. The van der Waals surface area contributed by atoms with E-state index in [1.165, 1.54) is 14.2 Å². The van der Waals surface area contributed by atoms with Crippen LogP contribution < -0.4 is 5.32 Å². The maximum Gasteiger partial charge on any atom is 0.321 e. The SMILES string of the molecule is CC(C)c1ccc(NC(=O)N2CCN(S(=O)(=O)N3CCOCC3)CC2)cc1. The van der Waals surface area contributed by atoms with Crippen LogP contribution in [0.5, 0.6) is 0 Å². The number of anilines is 1. The van der Waals surface area contributed by atoms with E-state index in [1.807, 2.05) is 24.3 Å². The number of piperazine rings is 1. The van der Waals surface area contributed by atoms with Crippen LogP contribution in [-0.2, 0) is 14.9 Å². The quantitative estimate of drug-likeness (QED) is 0.837. The lowest BCUT2D eigenvalue weighted by Gasteiger charge is -2.37. The Kier molecular flexibility index (Phi) is 6.36. The number of benzene rings is 1. The number of hydrogen-bond donors (Lipinski definition) is 1. The maximum absolute atomic E-state index is 12.7. The van der Waals surface area contributed by atoms with E-state index in [-0.39, 0.29) is 6.03 Å². The van der Waals surface area contributed by atoms with Gasteiger partial charge in [0.2, 0.25) is 0 Å². The molecule has 0 bridgehead atoms. The van der Waals surface area contributed by atoms with E-state index in [2.05, 4.69) is 19.2 Å². The van der Waals surface area contributed by atoms with Crippen molar-refractivity contribution in [3.8, 4) is 0 Å². The summed E-state index contributed by atoms with van der Waals surface area (Å²) in [6.07, 6.45) is 0. The number of urea groups is 1. The van der Waals surface area contributed by atoms with Gasteiger partial charge in [-0.2, -0.15) is 17.0 Å². The highest BCUT2D eigenvalue weighted by atomic mass is 32.2. The standard InChI is InChI=1S/C18H28N4O4S/c1-15(2)16-3-5-17(6-4-16)19-18(23)20-7-9-21(10-8-20)27(24,25)22-11-13-26-14-12-22/h3-6,15H,7-14H2,1-2H3,(H,19,23). The average Bonchev–Trinajstić information content (AvgIpc) is 2.69. The van der Waals surface area contributed by atoms with Crippen molar-refractivity contribution in [3.63, 3.8) is 0 Å². The number of carbonyl (C=O) groups excluding carboxylic acids is 1. The monoisotopic (exact) mass is 396 g/mol. The molecule has 2 fully saturated rings. The first-order valence-electron chi connectivity index (χ1n) is 9.37. The molecule has 3 rings (SSSR count). The Hall–Kier alpha value is -1.68. The van der Waals surface area contributed by atoms with E-state index in [4.69, 9.17) is 4.74 Å². The highest BCUT2D eigenvalue weighted by Gasteiger charge is 2.34. The topological polar surface area (TPSA) is 82.2 Å². The molecule has 150 valence electrons. The third-order valence-electron chi connectivity index (χ3n) is 4.98. The van der Waals surface area contributed by atoms with Crippen LogP contribution in [0.15, 0.2) is 24.3 Å². The summed E-state index contributed by atoms with van der Waals surface area (Å²) in [4.78, 5) is 14.1. The first kappa shape index (κ1) is 20.1. The lowest BCUT2D eigenvalue weighted by atomic mass is 10.0. The third-order valence-corrected chi connectivity index (χ3v) is 7.01. The Bertz CT molecular complexity index is 737. The van der Waals surface area contributed by atoms with Crippen LogP contribution in [0.4, 0.5) is 10.5 Å². The van der Waals surface area contributed by atoms with Crippen molar-refractivity contribution in [2.45, 2.75) is 19.8 Å².